The first-order valence-corrected chi connectivity index (χ1v) is 8.29. The highest BCUT2D eigenvalue weighted by Gasteiger charge is 2.55. The van der Waals surface area contributed by atoms with E-state index in [1.165, 1.54) is 0 Å². The summed E-state index contributed by atoms with van der Waals surface area (Å²) in [6.07, 6.45) is 4.88. The molecule has 124 valence electrons. The quantitative estimate of drug-likeness (QED) is 0.938. The Bertz CT molecular complexity index is 774. The van der Waals surface area contributed by atoms with E-state index in [0.29, 0.717) is 36.3 Å². The lowest BCUT2D eigenvalue weighted by molar-refractivity contribution is -0.143. The molecule has 1 aliphatic heterocycles. The lowest BCUT2D eigenvalue weighted by atomic mass is 9.71. The number of hydrogen-bond acceptors (Lipinski definition) is 3. The summed E-state index contributed by atoms with van der Waals surface area (Å²) in [5.41, 5.74) is 0.478. The third-order valence-corrected chi connectivity index (χ3v) is 5.43. The second-order valence-corrected chi connectivity index (χ2v) is 6.64. The number of benzene rings is 1. The number of carbonyl (C=O) groups excluding carboxylic acids is 1. The van der Waals surface area contributed by atoms with Gasteiger partial charge in [-0.15, -0.1) is 0 Å². The number of amides is 1. The third-order valence-electron chi connectivity index (χ3n) is 5.43. The van der Waals surface area contributed by atoms with Crippen molar-refractivity contribution in [3.63, 3.8) is 0 Å². The predicted molar refractivity (Wildman–Crippen MR) is 86.6 cm³/mol. The van der Waals surface area contributed by atoms with E-state index in [1.807, 2.05) is 12.1 Å². The monoisotopic (exact) mass is 325 g/mol. The van der Waals surface area contributed by atoms with Gasteiger partial charge in [-0.2, -0.15) is 0 Å². The topological polar surface area (TPSA) is 70.8 Å². The van der Waals surface area contributed by atoms with Crippen LogP contribution >= 0.6 is 0 Å². The van der Waals surface area contributed by atoms with Crippen molar-refractivity contribution in [1.29, 1.82) is 0 Å². The fourth-order valence-electron chi connectivity index (χ4n) is 4.43. The molecule has 1 amide bonds. The first kappa shape index (κ1) is 15.0. The van der Waals surface area contributed by atoms with Crippen molar-refractivity contribution in [3.8, 4) is 0 Å². The summed E-state index contributed by atoms with van der Waals surface area (Å²) >= 11 is 0. The summed E-state index contributed by atoms with van der Waals surface area (Å²) in [6.45, 7) is 0.309. The van der Waals surface area contributed by atoms with E-state index in [-0.39, 0.29) is 5.91 Å². The maximum absolute atomic E-state index is 13.2. The summed E-state index contributed by atoms with van der Waals surface area (Å²) in [5.74, 6) is -0.968. The molecule has 2 aliphatic rings. The van der Waals surface area contributed by atoms with Gasteiger partial charge in [0.05, 0.1) is 18.3 Å². The van der Waals surface area contributed by atoms with Gasteiger partial charge in [-0.05, 0) is 36.6 Å². The third kappa shape index (κ3) is 2.08. The first-order chi connectivity index (χ1) is 11.6. The zero-order valence-corrected chi connectivity index (χ0v) is 13.3. The molecule has 1 aromatic carbocycles. The van der Waals surface area contributed by atoms with Crippen LogP contribution in [0.1, 0.15) is 53.3 Å². The lowest BCUT2D eigenvalue weighted by Gasteiger charge is -2.48. The van der Waals surface area contributed by atoms with Crippen LogP contribution in [0.2, 0.25) is 0 Å². The Kier molecular flexibility index (Phi) is 3.44. The summed E-state index contributed by atoms with van der Waals surface area (Å²) in [4.78, 5) is 27.1. The first-order valence-electron chi connectivity index (χ1n) is 8.29. The molecule has 2 heterocycles. The number of hydrogen-bond donors (Lipinski definition) is 1. The number of carboxylic acids is 1. The van der Waals surface area contributed by atoms with Crippen molar-refractivity contribution in [2.45, 2.75) is 43.7 Å². The highest BCUT2D eigenvalue weighted by Crippen LogP contribution is 2.50. The van der Waals surface area contributed by atoms with Crippen LogP contribution in [0.15, 0.2) is 47.1 Å². The van der Waals surface area contributed by atoms with Crippen molar-refractivity contribution in [1.82, 2.24) is 4.90 Å². The highest BCUT2D eigenvalue weighted by atomic mass is 16.4. The van der Waals surface area contributed by atoms with Gasteiger partial charge < -0.3 is 14.4 Å². The molecule has 0 unspecified atom stereocenters. The molecule has 24 heavy (non-hydrogen) atoms. The Morgan fingerprint density at radius 3 is 2.62 bits per heavy atom. The number of carboxylic acid groups (broad SMARTS) is 1. The van der Waals surface area contributed by atoms with Gasteiger partial charge in [0.25, 0.3) is 5.91 Å². The van der Waals surface area contributed by atoms with Gasteiger partial charge in [-0.25, -0.2) is 0 Å². The molecule has 1 spiro atoms. The van der Waals surface area contributed by atoms with Crippen LogP contribution in [0.4, 0.5) is 0 Å². The summed E-state index contributed by atoms with van der Waals surface area (Å²) in [5, 5.41) is 9.98. The van der Waals surface area contributed by atoms with Crippen LogP contribution < -0.4 is 0 Å². The Hall–Kier alpha value is -2.56. The largest absolute Gasteiger partial charge is 0.481 e. The summed E-state index contributed by atoms with van der Waals surface area (Å²) < 4.78 is 5.43. The molecule has 2 aromatic rings. The fourth-order valence-corrected chi connectivity index (χ4v) is 4.43. The van der Waals surface area contributed by atoms with Crippen molar-refractivity contribution in [2.75, 3.05) is 0 Å². The minimum Gasteiger partial charge on any atom is -0.481 e. The number of fused-ring (bicyclic) bond motifs is 1. The van der Waals surface area contributed by atoms with Crippen LogP contribution in [0.5, 0.6) is 0 Å². The Morgan fingerprint density at radius 2 is 1.96 bits per heavy atom. The van der Waals surface area contributed by atoms with Gasteiger partial charge in [-0.3, -0.25) is 9.59 Å². The minimum absolute atomic E-state index is 0.0959. The molecule has 0 bridgehead atoms. The smallest absolute Gasteiger partial charge is 0.313 e. The van der Waals surface area contributed by atoms with Crippen molar-refractivity contribution < 1.29 is 19.1 Å². The molecular formula is C19H19NO4. The van der Waals surface area contributed by atoms with Crippen LogP contribution in [-0.2, 0) is 11.3 Å². The Balaban J connectivity index is 1.88. The number of nitrogens with zero attached hydrogens (tertiary/aromatic N) is 1. The van der Waals surface area contributed by atoms with Crippen LogP contribution in [0.25, 0.3) is 0 Å². The molecule has 1 aromatic heterocycles. The van der Waals surface area contributed by atoms with Gasteiger partial charge in [-0.1, -0.05) is 31.0 Å². The Labute approximate surface area is 139 Å². The number of rotatable bonds is 3. The van der Waals surface area contributed by atoms with Crippen LogP contribution in [0, 0.1) is 0 Å². The zero-order chi connectivity index (χ0) is 16.7. The second-order valence-electron chi connectivity index (χ2n) is 6.64. The second kappa shape index (κ2) is 5.51. The molecule has 1 N–H and O–H groups in total. The van der Waals surface area contributed by atoms with Crippen molar-refractivity contribution in [3.05, 3.63) is 59.5 Å². The van der Waals surface area contributed by atoms with Crippen LogP contribution in [-0.4, -0.2) is 27.4 Å². The molecule has 1 fully saturated rings. The average Bonchev–Trinajstić information content (AvgIpc) is 3.24. The van der Waals surface area contributed by atoms with Gasteiger partial charge in [0.2, 0.25) is 0 Å². The van der Waals surface area contributed by atoms with Crippen molar-refractivity contribution >= 4 is 11.9 Å². The van der Waals surface area contributed by atoms with Crippen LogP contribution in [0.3, 0.4) is 0 Å². The molecule has 1 saturated carbocycles. The van der Waals surface area contributed by atoms with E-state index in [1.54, 1.807) is 35.4 Å². The van der Waals surface area contributed by atoms with E-state index < -0.39 is 17.4 Å². The highest BCUT2D eigenvalue weighted by molar-refractivity contribution is 6.01. The van der Waals surface area contributed by atoms with E-state index in [4.69, 9.17) is 4.42 Å². The molecule has 0 radical (unpaired) electrons. The molecule has 5 nitrogen and oxygen atoms in total. The van der Waals surface area contributed by atoms with Gasteiger partial charge in [0, 0.05) is 5.56 Å². The zero-order valence-electron chi connectivity index (χ0n) is 13.3. The molecule has 4 rings (SSSR count). The number of carbonyl (C=O) groups is 2. The van der Waals surface area contributed by atoms with E-state index in [2.05, 4.69) is 0 Å². The normalized spacial score (nSPS) is 21.9. The number of aliphatic carboxylic acids is 1. The molecular weight excluding hydrogens is 306 g/mol. The minimum atomic E-state index is -0.860. The summed E-state index contributed by atoms with van der Waals surface area (Å²) in [7, 11) is 0. The average molecular weight is 325 g/mol. The van der Waals surface area contributed by atoms with E-state index >= 15 is 0 Å². The molecule has 0 saturated heterocycles. The van der Waals surface area contributed by atoms with Crippen molar-refractivity contribution in [2.24, 2.45) is 0 Å². The maximum atomic E-state index is 13.2. The maximum Gasteiger partial charge on any atom is 0.313 e. The van der Waals surface area contributed by atoms with Gasteiger partial charge >= 0.3 is 5.97 Å². The Morgan fingerprint density at radius 1 is 1.21 bits per heavy atom. The SMILES string of the molecule is O=C(O)[C@@H]1c2ccccc2C(=O)N(Cc2ccco2)C12CCCC2. The lowest BCUT2D eigenvalue weighted by Crippen LogP contribution is -2.58. The predicted octanol–water partition coefficient (Wildman–Crippen LogP) is 3.42. The molecule has 1 atom stereocenters. The van der Waals surface area contributed by atoms with E-state index in [9.17, 15) is 14.7 Å². The summed E-state index contributed by atoms with van der Waals surface area (Å²) in [6, 6.07) is 10.7. The standard InChI is InChI=1S/C19H19NO4/c21-17-15-8-2-1-7-14(15)16(18(22)23)19(9-3-4-10-19)20(17)12-13-6-5-11-24-13/h1-2,5-8,11,16H,3-4,9-10,12H2,(H,22,23)/t16-/m0/s1. The van der Waals surface area contributed by atoms with E-state index in [0.717, 1.165) is 12.8 Å². The molecule has 1 aliphatic carbocycles. The van der Waals surface area contributed by atoms with Gasteiger partial charge in [0.15, 0.2) is 0 Å². The fraction of sp³-hybridized carbons (Fsp3) is 0.368. The molecule has 5 heteroatoms. The van der Waals surface area contributed by atoms with Gasteiger partial charge in [0.1, 0.15) is 11.7 Å². The number of furan rings is 1.